The van der Waals surface area contributed by atoms with Crippen molar-refractivity contribution in [1.29, 1.82) is 0 Å². The van der Waals surface area contributed by atoms with Crippen molar-refractivity contribution in [3.63, 3.8) is 0 Å². The molecule has 0 aliphatic rings. The summed E-state index contributed by atoms with van der Waals surface area (Å²) in [6, 6.07) is 14.0. The fourth-order valence-electron chi connectivity index (χ4n) is 3.17. The lowest BCUT2D eigenvalue weighted by Crippen LogP contribution is -2.30. The van der Waals surface area contributed by atoms with Crippen LogP contribution >= 0.6 is 0 Å². The van der Waals surface area contributed by atoms with Crippen LogP contribution in [0.4, 0.5) is 0 Å². The van der Waals surface area contributed by atoms with Gasteiger partial charge in [-0.15, -0.1) is 22.1 Å². The summed E-state index contributed by atoms with van der Waals surface area (Å²) >= 11 is 0. The Bertz CT molecular complexity index is 1180. The molecule has 152 valence electrons. The fourth-order valence-corrected chi connectivity index (χ4v) is 3.17. The molecule has 3 aromatic rings. The van der Waals surface area contributed by atoms with Gasteiger partial charge < -0.3 is 5.11 Å². The summed E-state index contributed by atoms with van der Waals surface area (Å²) in [5.74, 6) is 1.61. The third kappa shape index (κ3) is 4.23. The van der Waals surface area contributed by atoms with Crippen LogP contribution in [0, 0.1) is 12.3 Å². The number of carboxylic acids is 1. The molecule has 0 fully saturated rings. The van der Waals surface area contributed by atoms with E-state index in [0.717, 1.165) is 15.8 Å². The molecule has 0 amide bonds. The van der Waals surface area contributed by atoms with E-state index in [9.17, 15) is 19.5 Å². The summed E-state index contributed by atoms with van der Waals surface area (Å²) in [6.45, 7) is 1.90. The van der Waals surface area contributed by atoms with Crippen LogP contribution in [0.25, 0.3) is 11.1 Å². The van der Waals surface area contributed by atoms with E-state index >= 15 is 0 Å². The number of carboxylic acid groups (broad SMARTS) is 1. The van der Waals surface area contributed by atoms with Crippen molar-refractivity contribution < 1.29 is 14.7 Å². The molecule has 3 rings (SSSR count). The second-order valence-corrected chi connectivity index (χ2v) is 6.70. The Kier molecular flexibility index (Phi) is 6.28. The molecule has 1 heterocycles. The second-order valence-electron chi connectivity index (χ2n) is 6.70. The highest BCUT2D eigenvalue weighted by Gasteiger charge is 2.17. The number of carbonyl (C=O) groups excluding carboxylic acids is 1. The largest absolute Gasteiger partial charge is 0.478 e. The highest BCUT2D eigenvalue weighted by atomic mass is 16.4. The summed E-state index contributed by atoms with van der Waals surface area (Å²) in [7, 11) is 0. The van der Waals surface area contributed by atoms with Gasteiger partial charge in [-0.3, -0.25) is 9.36 Å². The zero-order chi connectivity index (χ0) is 21.7. The average molecular weight is 403 g/mol. The Morgan fingerprint density at radius 3 is 2.47 bits per heavy atom. The highest BCUT2D eigenvalue weighted by Crippen LogP contribution is 2.24. The van der Waals surface area contributed by atoms with Crippen LogP contribution in [0.15, 0.2) is 53.3 Å². The zero-order valence-corrected chi connectivity index (χ0v) is 16.5. The lowest BCUT2D eigenvalue weighted by atomic mass is 9.99. The van der Waals surface area contributed by atoms with Gasteiger partial charge in [0.1, 0.15) is 5.82 Å². The van der Waals surface area contributed by atoms with Gasteiger partial charge >= 0.3 is 11.7 Å². The molecule has 2 aromatic carbocycles. The third-order valence-electron chi connectivity index (χ3n) is 4.73. The van der Waals surface area contributed by atoms with Gasteiger partial charge in [-0.05, 0) is 22.8 Å². The van der Waals surface area contributed by atoms with Gasteiger partial charge in [-0.1, -0.05) is 49.4 Å². The molecule has 0 aliphatic heterocycles. The minimum absolute atomic E-state index is 0.170. The first-order chi connectivity index (χ1) is 14.5. The van der Waals surface area contributed by atoms with Crippen molar-refractivity contribution in [3.05, 3.63) is 76.0 Å². The number of hydrogen-bond donors (Lipinski definition) is 1. The van der Waals surface area contributed by atoms with Crippen LogP contribution in [-0.4, -0.2) is 31.3 Å². The SMILES string of the molecule is C#CCCc1nn(C(=O)CC)c(=O)n1Cc1ccc(-c2ccccc2C(=O)O)cc1. The van der Waals surface area contributed by atoms with Gasteiger partial charge in [-0.2, -0.15) is 0 Å². The van der Waals surface area contributed by atoms with E-state index in [1.807, 2.05) is 24.3 Å². The third-order valence-corrected chi connectivity index (χ3v) is 4.73. The average Bonchev–Trinajstić information content (AvgIpc) is 3.07. The van der Waals surface area contributed by atoms with Crippen molar-refractivity contribution in [2.24, 2.45) is 0 Å². The zero-order valence-electron chi connectivity index (χ0n) is 16.5. The second kappa shape index (κ2) is 9.05. The molecule has 7 heteroatoms. The van der Waals surface area contributed by atoms with Crippen molar-refractivity contribution >= 4 is 11.9 Å². The molecular formula is C23H21N3O4. The van der Waals surface area contributed by atoms with Crippen LogP contribution < -0.4 is 5.69 Å². The van der Waals surface area contributed by atoms with Crippen molar-refractivity contribution in [2.75, 3.05) is 0 Å². The number of aromatic carboxylic acids is 1. The number of carbonyl (C=O) groups is 2. The number of hydrogen-bond acceptors (Lipinski definition) is 4. The molecule has 0 radical (unpaired) electrons. The first-order valence-corrected chi connectivity index (χ1v) is 9.53. The first-order valence-electron chi connectivity index (χ1n) is 9.53. The lowest BCUT2D eigenvalue weighted by Gasteiger charge is -2.09. The number of rotatable bonds is 7. The van der Waals surface area contributed by atoms with Gasteiger partial charge in [0.05, 0.1) is 12.1 Å². The van der Waals surface area contributed by atoms with E-state index in [1.54, 1.807) is 31.2 Å². The maximum Gasteiger partial charge on any atom is 0.353 e. The Labute approximate surface area is 173 Å². The summed E-state index contributed by atoms with van der Waals surface area (Å²) in [5.41, 5.74) is 1.92. The van der Waals surface area contributed by atoms with Crippen LogP contribution in [0.2, 0.25) is 0 Å². The minimum atomic E-state index is -0.993. The van der Waals surface area contributed by atoms with Crippen LogP contribution in [-0.2, 0) is 13.0 Å². The molecule has 1 N–H and O–H groups in total. The molecule has 0 saturated carbocycles. The number of nitrogens with zero attached hydrogens (tertiary/aromatic N) is 3. The van der Waals surface area contributed by atoms with Gasteiger partial charge in [0.15, 0.2) is 0 Å². The van der Waals surface area contributed by atoms with Crippen LogP contribution in [0.5, 0.6) is 0 Å². The molecule has 1 aromatic heterocycles. The maximum absolute atomic E-state index is 12.7. The quantitative estimate of drug-likeness (QED) is 0.612. The number of aryl methyl sites for hydroxylation is 1. The van der Waals surface area contributed by atoms with E-state index in [2.05, 4.69) is 11.0 Å². The standard InChI is InChI=1S/C23H21N3O4/c1-3-5-10-20-24-26(21(27)4-2)23(30)25(20)15-16-11-13-17(14-12-16)18-8-6-7-9-19(18)22(28)29/h1,6-9,11-14H,4-5,10,15H2,2H3,(H,28,29). The van der Waals surface area contributed by atoms with Crippen molar-refractivity contribution in [2.45, 2.75) is 32.7 Å². The molecule has 7 nitrogen and oxygen atoms in total. The molecule has 30 heavy (non-hydrogen) atoms. The van der Waals surface area contributed by atoms with Crippen LogP contribution in [0.3, 0.4) is 0 Å². The Morgan fingerprint density at radius 1 is 1.13 bits per heavy atom. The molecule has 0 unspecified atom stereocenters. The normalized spacial score (nSPS) is 10.5. The van der Waals surface area contributed by atoms with Gasteiger partial charge in [0.25, 0.3) is 5.91 Å². The predicted molar refractivity (Wildman–Crippen MR) is 112 cm³/mol. The highest BCUT2D eigenvalue weighted by molar-refractivity contribution is 5.95. The van der Waals surface area contributed by atoms with E-state index in [1.165, 1.54) is 4.57 Å². The topological polar surface area (TPSA) is 94.2 Å². The number of aromatic nitrogens is 3. The van der Waals surface area contributed by atoms with Gasteiger partial charge in [-0.25, -0.2) is 9.59 Å². The number of terminal acetylenes is 1. The summed E-state index contributed by atoms with van der Waals surface area (Å²) < 4.78 is 2.34. The Balaban J connectivity index is 1.93. The van der Waals surface area contributed by atoms with Crippen molar-refractivity contribution in [3.8, 4) is 23.5 Å². The molecular weight excluding hydrogens is 382 g/mol. The lowest BCUT2D eigenvalue weighted by molar-refractivity contribution is 0.0697. The molecule has 0 saturated heterocycles. The molecule has 0 atom stereocenters. The molecule has 0 bridgehead atoms. The minimum Gasteiger partial charge on any atom is -0.478 e. The fraction of sp³-hybridized carbons (Fsp3) is 0.217. The van der Waals surface area contributed by atoms with E-state index in [0.29, 0.717) is 24.2 Å². The van der Waals surface area contributed by atoms with Gasteiger partial charge in [0, 0.05) is 19.3 Å². The monoisotopic (exact) mass is 403 g/mol. The van der Waals surface area contributed by atoms with E-state index < -0.39 is 11.7 Å². The summed E-state index contributed by atoms with van der Waals surface area (Å²) in [5, 5.41) is 13.6. The maximum atomic E-state index is 12.7. The molecule has 0 spiro atoms. The van der Waals surface area contributed by atoms with Gasteiger partial charge in [0.2, 0.25) is 0 Å². The predicted octanol–water partition coefficient (Wildman–Crippen LogP) is 3.07. The van der Waals surface area contributed by atoms with E-state index in [-0.39, 0.29) is 24.4 Å². The smallest absolute Gasteiger partial charge is 0.353 e. The Hall–Kier alpha value is -3.92. The molecule has 0 aliphatic carbocycles. The van der Waals surface area contributed by atoms with E-state index in [4.69, 9.17) is 6.42 Å². The van der Waals surface area contributed by atoms with Crippen molar-refractivity contribution in [1.82, 2.24) is 14.3 Å². The first kappa shape index (κ1) is 20.8. The summed E-state index contributed by atoms with van der Waals surface area (Å²) in [4.78, 5) is 36.2. The Morgan fingerprint density at radius 2 is 1.83 bits per heavy atom. The summed E-state index contributed by atoms with van der Waals surface area (Å²) in [6.07, 6.45) is 6.30. The van der Waals surface area contributed by atoms with Crippen LogP contribution in [0.1, 0.15) is 46.3 Å². The number of benzene rings is 2.